The van der Waals surface area contributed by atoms with Gasteiger partial charge in [-0.3, -0.25) is 0 Å². The molecule has 29 heavy (non-hydrogen) atoms. The molecule has 0 amide bonds. The first-order chi connectivity index (χ1) is 13.6. The first kappa shape index (κ1) is 24.9. The molecule has 0 aliphatic rings. The van der Waals surface area contributed by atoms with E-state index in [1.807, 2.05) is 24.4 Å². The summed E-state index contributed by atoms with van der Waals surface area (Å²) in [4.78, 5) is 4.49. The van der Waals surface area contributed by atoms with Gasteiger partial charge < -0.3 is 19.6 Å². The number of aliphatic hydroxyl groups excluding tert-OH is 2. The number of fused-ring (bicyclic) bond motifs is 3. The van der Waals surface area contributed by atoms with E-state index in [9.17, 15) is 4.39 Å². The zero-order chi connectivity index (χ0) is 20.7. The maximum atomic E-state index is 13.5. The maximum Gasteiger partial charge on any atom is 0.126 e. The van der Waals surface area contributed by atoms with Crippen LogP contribution in [0.5, 0.6) is 0 Å². The molecule has 2 N–H and O–H groups in total. The first-order valence-electron chi connectivity index (χ1n) is 8.99. The summed E-state index contributed by atoms with van der Waals surface area (Å²) in [7, 11) is 2.00. The molecule has 2 aromatic carbocycles. The van der Waals surface area contributed by atoms with Gasteiger partial charge in [0.05, 0.1) is 5.58 Å². The van der Waals surface area contributed by atoms with Crippen molar-refractivity contribution in [3.05, 3.63) is 66.1 Å². The van der Waals surface area contributed by atoms with Gasteiger partial charge in [0.1, 0.15) is 11.4 Å². The molecule has 0 saturated carbocycles. The Hall–Kier alpha value is -2.11. The van der Waals surface area contributed by atoms with Crippen LogP contribution >= 0.6 is 0 Å². The molecule has 4 aromatic rings. The minimum absolute atomic E-state index is 0. The van der Waals surface area contributed by atoms with Crippen LogP contribution in [0.3, 0.4) is 0 Å². The predicted molar refractivity (Wildman–Crippen MR) is 111 cm³/mol. The zero-order valence-electron chi connectivity index (χ0n) is 16.9. The Morgan fingerprint density at radius 3 is 2.45 bits per heavy atom. The summed E-state index contributed by atoms with van der Waals surface area (Å²) in [6.07, 6.45) is 2.82. The van der Waals surface area contributed by atoms with Crippen LogP contribution in [-0.4, -0.2) is 29.4 Å². The second-order valence-electron chi connectivity index (χ2n) is 6.49. The summed E-state index contributed by atoms with van der Waals surface area (Å²) in [5, 5.41) is 15.9. The van der Waals surface area contributed by atoms with E-state index in [1.165, 1.54) is 17.7 Å². The predicted octanol–water partition coefficient (Wildman–Crippen LogP) is 5.00. The van der Waals surface area contributed by atoms with Crippen molar-refractivity contribution in [3.63, 3.8) is 0 Å². The van der Waals surface area contributed by atoms with Gasteiger partial charge in [0.2, 0.25) is 0 Å². The van der Waals surface area contributed by atoms with E-state index in [0.29, 0.717) is 17.1 Å². The van der Waals surface area contributed by atoms with Crippen LogP contribution in [0.2, 0.25) is 0 Å². The molecule has 0 bridgehead atoms. The van der Waals surface area contributed by atoms with Crippen molar-refractivity contribution in [2.75, 3.05) is 14.2 Å². The van der Waals surface area contributed by atoms with Gasteiger partial charge in [-0.05, 0) is 36.2 Å². The van der Waals surface area contributed by atoms with E-state index in [0.717, 1.165) is 42.7 Å². The fourth-order valence-corrected chi connectivity index (χ4v) is 3.12. The summed E-state index contributed by atoms with van der Waals surface area (Å²) in [6.45, 7) is 4.39. The summed E-state index contributed by atoms with van der Waals surface area (Å²) >= 11 is 0. The number of nitrogens with zero attached hydrogens (tertiary/aromatic N) is 1. The first-order valence-corrected chi connectivity index (χ1v) is 8.99. The van der Waals surface area contributed by atoms with Crippen molar-refractivity contribution in [2.24, 2.45) is 5.92 Å². The monoisotopic (exact) mass is 575 g/mol. The standard InChI is InChI=1S/C21H17FNO.2CH4O.Ir/c1-13(2)10-14-8-9-23-19(11-14)18-5-3-4-17-16-7-6-15(22)12-20(16)24-21(17)18;2*1-2;/h3-4,6-9,11-13H,10H2,1-2H3;2*2H,1H3;/q-1;;;. The number of furan rings is 1. The van der Waals surface area contributed by atoms with Gasteiger partial charge in [-0.25, -0.2) is 4.39 Å². The molecule has 0 atom stereocenters. The number of benzene rings is 2. The van der Waals surface area contributed by atoms with Gasteiger partial charge in [0.15, 0.2) is 0 Å². The Labute approximate surface area is 183 Å². The largest absolute Gasteiger partial charge is 0.500 e. The third-order valence-electron chi connectivity index (χ3n) is 4.12. The van der Waals surface area contributed by atoms with Crippen molar-refractivity contribution < 1.29 is 39.1 Å². The molecule has 4 rings (SSSR count). The van der Waals surface area contributed by atoms with Crippen LogP contribution in [-0.2, 0) is 26.5 Å². The van der Waals surface area contributed by atoms with Crippen molar-refractivity contribution in [3.8, 4) is 11.3 Å². The van der Waals surface area contributed by atoms with E-state index in [4.69, 9.17) is 14.6 Å². The molecule has 2 heterocycles. The van der Waals surface area contributed by atoms with Crippen LogP contribution < -0.4 is 0 Å². The molecule has 0 saturated heterocycles. The van der Waals surface area contributed by atoms with Crippen molar-refractivity contribution in [2.45, 2.75) is 20.3 Å². The van der Waals surface area contributed by atoms with Gasteiger partial charge in [-0.1, -0.05) is 36.4 Å². The average Bonchev–Trinajstić information content (AvgIpc) is 3.08. The quantitative estimate of drug-likeness (QED) is 0.338. The van der Waals surface area contributed by atoms with Gasteiger partial charge in [0, 0.05) is 52.0 Å². The van der Waals surface area contributed by atoms with Crippen LogP contribution in [0.15, 0.2) is 53.1 Å². The second-order valence-corrected chi connectivity index (χ2v) is 6.49. The third-order valence-corrected chi connectivity index (χ3v) is 4.12. The van der Waals surface area contributed by atoms with Crippen molar-refractivity contribution >= 4 is 21.9 Å². The molecule has 157 valence electrons. The molecule has 2 aromatic heterocycles. The minimum Gasteiger partial charge on any atom is -0.500 e. The Morgan fingerprint density at radius 2 is 1.76 bits per heavy atom. The van der Waals surface area contributed by atoms with Gasteiger partial charge >= 0.3 is 0 Å². The summed E-state index contributed by atoms with van der Waals surface area (Å²) in [5.41, 5.74) is 4.13. The Balaban J connectivity index is 0.000000794. The third kappa shape index (κ3) is 5.71. The van der Waals surface area contributed by atoms with E-state index >= 15 is 0 Å². The number of halogens is 1. The Bertz CT molecular complexity index is 1050. The molecule has 0 aliphatic heterocycles. The summed E-state index contributed by atoms with van der Waals surface area (Å²) in [6, 6.07) is 15.8. The fraction of sp³-hybridized carbons (Fsp3) is 0.261. The van der Waals surface area contributed by atoms with Gasteiger partial charge in [0.25, 0.3) is 0 Å². The summed E-state index contributed by atoms with van der Waals surface area (Å²) < 4.78 is 19.4. The SMILES string of the molecule is CC(C)Cc1ccnc(-c2[c-]ccc3c2oc2cc(F)ccc23)c1.CO.CO.[Ir]. The molecule has 1 radical (unpaired) electrons. The zero-order valence-corrected chi connectivity index (χ0v) is 19.3. The van der Waals surface area contributed by atoms with Crippen molar-refractivity contribution in [1.82, 2.24) is 4.98 Å². The van der Waals surface area contributed by atoms with Crippen molar-refractivity contribution in [1.29, 1.82) is 0 Å². The molecule has 0 fully saturated rings. The summed E-state index contributed by atoms with van der Waals surface area (Å²) in [5.74, 6) is 0.276. The number of pyridine rings is 1. The normalized spacial score (nSPS) is 10.1. The second kappa shape index (κ2) is 11.8. The average molecular weight is 575 g/mol. The van der Waals surface area contributed by atoms with E-state index < -0.39 is 0 Å². The minimum atomic E-state index is -0.302. The van der Waals surface area contributed by atoms with Gasteiger partial charge in [-0.15, -0.1) is 18.2 Å². The van der Waals surface area contributed by atoms with E-state index in [-0.39, 0.29) is 25.9 Å². The maximum absolute atomic E-state index is 13.5. The smallest absolute Gasteiger partial charge is 0.126 e. The Morgan fingerprint density at radius 1 is 1.03 bits per heavy atom. The number of rotatable bonds is 3. The van der Waals surface area contributed by atoms with Crippen LogP contribution in [0.4, 0.5) is 4.39 Å². The number of hydrogen-bond acceptors (Lipinski definition) is 4. The number of hydrogen-bond donors (Lipinski definition) is 2. The molecule has 0 unspecified atom stereocenters. The van der Waals surface area contributed by atoms with Gasteiger partial charge in [-0.2, -0.15) is 0 Å². The molecular formula is C23H25FIrNO3-. The fourth-order valence-electron chi connectivity index (χ4n) is 3.12. The van der Waals surface area contributed by atoms with E-state index in [1.54, 1.807) is 6.07 Å². The van der Waals surface area contributed by atoms with Crippen LogP contribution in [0, 0.1) is 17.8 Å². The molecule has 0 spiro atoms. The number of aromatic nitrogens is 1. The van der Waals surface area contributed by atoms with Crippen LogP contribution in [0.1, 0.15) is 19.4 Å². The molecule has 4 nitrogen and oxygen atoms in total. The number of aliphatic hydroxyl groups is 2. The molecule has 6 heteroatoms. The molecular weight excluding hydrogens is 549 g/mol. The molecule has 0 aliphatic carbocycles. The Kier molecular flexibility index (Phi) is 10.1. The van der Waals surface area contributed by atoms with E-state index in [2.05, 4.69) is 31.0 Å². The topological polar surface area (TPSA) is 66.5 Å². The van der Waals surface area contributed by atoms with Crippen LogP contribution in [0.25, 0.3) is 33.2 Å².